The molecule has 6 nitrogen and oxygen atoms in total. The smallest absolute Gasteiger partial charge is 0.256 e. The maximum atomic E-state index is 12.3. The largest absolute Gasteiger partial charge is 0.367 e. The van der Waals surface area contributed by atoms with Crippen molar-refractivity contribution >= 4 is 23.2 Å². The van der Waals surface area contributed by atoms with E-state index in [2.05, 4.69) is 25.1 Å². The van der Waals surface area contributed by atoms with Crippen LogP contribution in [-0.2, 0) is 0 Å². The van der Waals surface area contributed by atoms with Crippen molar-refractivity contribution in [1.82, 2.24) is 9.97 Å². The predicted molar refractivity (Wildman–Crippen MR) is 112 cm³/mol. The highest BCUT2D eigenvalue weighted by Crippen LogP contribution is 2.20. The lowest BCUT2D eigenvalue weighted by atomic mass is 10.1. The summed E-state index contributed by atoms with van der Waals surface area (Å²) in [5.41, 5.74) is 2.82. The second-order valence-corrected chi connectivity index (χ2v) is 6.88. The number of hydrogen-bond donors (Lipinski definition) is 1. The molecule has 1 fully saturated rings. The lowest BCUT2D eigenvalue weighted by molar-refractivity contribution is 0.102. The maximum Gasteiger partial charge on any atom is 0.256 e. The van der Waals surface area contributed by atoms with Crippen molar-refractivity contribution < 1.29 is 4.79 Å². The quantitative estimate of drug-likeness (QED) is 0.760. The number of carbonyl (C=O) groups is 1. The standard InChI is InChI=1S/C22H23N5O/c1-17-5-7-18(8-6-17)22(28)25-20-10-9-19(16-24-20)26-12-14-27(15-13-26)21-4-2-3-11-23-21/h2-11,16H,12-15H2,1H3,(H,24,25,28). The fourth-order valence-electron chi connectivity index (χ4n) is 3.28. The van der Waals surface area contributed by atoms with Gasteiger partial charge in [0.15, 0.2) is 0 Å². The number of carbonyl (C=O) groups excluding carboxylic acids is 1. The molecule has 0 bridgehead atoms. The molecular formula is C22H23N5O. The van der Waals surface area contributed by atoms with Crippen molar-refractivity contribution in [3.63, 3.8) is 0 Å². The lowest BCUT2D eigenvalue weighted by Gasteiger charge is -2.36. The zero-order valence-electron chi connectivity index (χ0n) is 15.9. The van der Waals surface area contributed by atoms with E-state index in [-0.39, 0.29) is 5.91 Å². The Kier molecular flexibility index (Phi) is 5.19. The summed E-state index contributed by atoms with van der Waals surface area (Å²) in [6.45, 7) is 5.66. The number of hydrogen-bond acceptors (Lipinski definition) is 5. The van der Waals surface area contributed by atoms with Crippen LogP contribution in [-0.4, -0.2) is 42.1 Å². The number of benzene rings is 1. The van der Waals surface area contributed by atoms with Crippen LogP contribution in [0.4, 0.5) is 17.3 Å². The number of anilines is 3. The fourth-order valence-corrected chi connectivity index (χ4v) is 3.28. The Labute approximate surface area is 164 Å². The highest BCUT2D eigenvalue weighted by molar-refractivity contribution is 6.03. The van der Waals surface area contributed by atoms with E-state index in [1.807, 2.05) is 73.9 Å². The monoisotopic (exact) mass is 373 g/mol. The van der Waals surface area contributed by atoms with Crippen LogP contribution in [0, 0.1) is 6.92 Å². The first kappa shape index (κ1) is 18.0. The molecule has 0 unspecified atom stereocenters. The SMILES string of the molecule is Cc1ccc(C(=O)Nc2ccc(N3CCN(c4ccccn4)CC3)cn2)cc1. The summed E-state index contributed by atoms with van der Waals surface area (Å²) >= 11 is 0. The molecule has 1 aromatic carbocycles. The summed E-state index contributed by atoms with van der Waals surface area (Å²) in [6.07, 6.45) is 3.65. The number of rotatable bonds is 4. The van der Waals surface area contributed by atoms with Crippen LogP contribution in [0.5, 0.6) is 0 Å². The third-order valence-corrected chi connectivity index (χ3v) is 4.92. The van der Waals surface area contributed by atoms with Crippen LogP contribution < -0.4 is 15.1 Å². The molecule has 0 atom stereocenters. The lowest BCUT2D eigenvalue weighted by Crippen LogP contribution is -2.46. The molecule has 28 heavy (non-hydrogen) atoms. The van der Waals surface area contributed by atoms with Crippen molar-refractivity contribution in [2.24, 2.45) is 0 Å². The highest BCUT2D eigenvalue weighted by Gasteiger charge is 2.18. The Morgan fingerprint density at radius 3 is 2.29 bits per heavy atom. The molecule has 142 valence electrons. The summed E-state index contributed by atoms with van der Waals surface area (Å²) in [5, 5.41) is 2.85. The van der Waals surface area contributed by atoms with Gasteiger partial charge >= 0.3 is 0 Å². The van der Waals surface area contributed by atoms with Crippen LogP contribution in [0.1, 0.15) is 15.9 Å². The van der Waals surface area contributed by atoms with Crippen molar-refractivity contribution in [2.75, 3.05) is 41.3 Å². The minimum atomic E-state index is -0.149. The molecule has 0 aliphatic carbocycles. The summed E-state index contributed by atoms with van der Waals surface area (Å²) in [5.74, 6) is 1.43. The van der Waals surface area contributed by atoms with E-state index in [0.717, 1.165) is 43.2 Å². The van der Waals surface area contributed by atoms with Gasteiger partial charge in [0.25, 0.3) is 5.91 Å². The molecule has 6 heteroatoms. The Morgan fingerprint density at radius 1 is 0.893 bits per heavy atom. The number of nitrogens with zero attached hydrogens (tertiary/aromatic N) is 4. The van der Waals surface area contributed by atoms with Gasteiger partial charge in [0.05, 0.1) is 11.9 Å². The third kappa shape index (κ3) is 4.11. The van der Waals surface area contributed by atoms with Gasteiger partial charge in [-0.05, 0) is 43.3 Å². The van der Waals surface area contributed by atoms with Crippen molar-refractivity contribution in [3.05, 3.63) is 78.1 Å². The van der Waals surface area contributed by atoms with Gasteiger partial charge in [0.2, 0.25) is 0 Å². The Morgan fingerprint density at radius 2 is 1.64 bits per heavy atom. The first-order valence-electron chi connectivity index (χ1n) is 9.44. The number of pyridine rings is 2. The summed E-state index contributed by atoms with van der Waals surface area (Å²) in [6, 6.07) is 17.3. The van der Waals surface area contributed by atoms with E-state index < -0.39 is 0 Å². The van der Waals surface area contributed by atoms with Gasteiger partial charge in [0, 0.05) is 37.9 Å². The normalized spacial score (nSPS) is 14.0. The van der Waals surface area contributed by atoms with Crippen LogP contribution >= 0.6 is 0 Å². The number of nitrogens with one attached hydrogen (secondary N) is 1. The molecule has 4 rings (SSSR count). The van der Waals surface area contributed by atoms with Gasteiger partial charge in [-0.1, -0.05) is 23.8 Å². The molecule has 1 N–H and O–H groups in total. The molecule has 3 aromatic rings. The molecule has 1 aliphatic rings. The van der Waals surface area contributed by atoms with Crippen LogP contribution in [0.15, 0.2) is 67.0 Å². The van der Waals surface area contributed by atoms with Gasteiger partial charge in [-0.2, -0.15) is 0 Å². The molecule has 3 heterocycles. The first-order chi connectivity index (χ1) is 13.7. The summed E-state index contributed by atoms with van der Waals surface area (Å²) in [7, 11) is 0. The molecule has 0 radical (unpaired) electrons. The van der Waals surface area contributed by atoms with Crippen molar-refractivity contribution in [1.29, 1.82) is 0 Å². The van der Waals surface area contributed by atoms with Crippen molar-refractivity contribution in [3.8, 4) is 0 Å². The van der Waals surface area contributed by atoms with E-state index in [1.54, 1.807) is 0 Å². The fraction of sp³-hybridized carbons (Fsp3) is 0.227. The van der Waals surface area contributed by atoms with Crippen LogP contribution in [0.3, 0.4) is 0 Å². The first-order valence-corrected chi connectivity index (χ1v) is 9.44. The Balaban J connectivity index is 1.35. The third-order valence-electron chi connectivity index (χ3n) is 4.92. The molecule has 0 spiro atoms. The zero-order valence-corrected chi connectivity index (χ0v) is 15.9. The van der Waals surface area contributed by atoms with Gasteiger partial charge in [-0.15, -0.1) is 0 Å². The maximum absolute atomic E-state index is 12.3. The van der Waals surface area contributed by atoms with Gasteiger partial charge in [0.1, 0.15) is 11.6 Å². The molecular weight excluding hydrogens is 350 g/mol. The van der Waals surface area contributed by atoms with Gasteiger partial charge in [-0.3, -0.25) is 4.79 Å². The zero-order chi connectivity index (χ0) is 19.3. The molecule has 0 saturated carbocycles. The number of aryl methyl sites for hydroxylation is 1. The van der Waals surface area contributed by atoms with E-state index in [9.17, 15) is 4.79 Å². The van der Waals surface area contributed by atoms with Crippen LogP contribution in [0.25, 0.3) is 0 Å². The second-order valence-electron chi connectivity index (χ2n) is 6.88. The predicted octanol–water partition coefficient (Wildman–Crippen LogP) is 3.36. The summed E-state index contributed by atoms with van der Waals surface area (Å²) in [4.78, 5) is 25.7. The minimum Gasteiger partial charge on any atom is -0.367 e. The number of amides is 1. The van der Waals surface area contributed by atoms with E-state index >= 15 is 0 Å². The average Bonchev–Trinajstić information content (AvgIpc) is 2.75. The van der Waals surface area contributed by atoms with Gasteiger partial charge < -0.3 is 15.1 Å². The Bertz CT molecular complexity index is 917. The minimum absolute atomic E-state index is 0.149. The molecule has 2 aromatic heterocycles. The number of aromatic nitrogens is 2. The molecule has 1 saturated heterocycles. The number of piperazine rings is 1. The highest BCUT2D eigenvalue weighted by atomic mass is 16.1. The van der Waals surface area contributed by atoms with Crippen LogP contribution in [0.2, 0.25) is 0 Å². The van der Waals surface area contributed by atoms with Gasteiger partial charge in [-0.25, -0.2) is 9.97 Å². The summed E-state index contributed by atoms with van der Waals surface area (Å²) < 4.78 is 0. The second kappa shape index (κ2) is 8.08. The molecule has 1 aliphatic heterocycles. The topological polar surface area (TPSA) is 61.4 Å². The van der Waals surface area contributed by atoms with E-state index in [4.69, 9.17) is 0 Å². The Hall–Kier alpha value is -3.41. The van der Waals surface area contributed by atoms with E-state index in [1.165, 1.54) is 0 Å². The average molecular weight is 373 g/mol. The van der Waals surface area contributed by atoms with Crippen molar-refractivity contribution in [2.45, 2.75) is 6.92 Å². The molecule has 1 amide bonds. The van der Waals surface area contributed by atoms with E-state index in [0.29, 0.717) is 11.4 Å².